The fraction of sp³-hybridized carbons (Fsp3) is 0.176. The van der Waals surface area contributed by atoms with Gasteiger partial charge in [-0.1, -0.05) is 36.4 Å². The zero-order valence-corrected chi connectivity index (χ0v) is 11.5. The van der Waals surface area contributed by atoms with Crippen LogP contribution >= 0.6 is 0 Å². The molecule has 0 bridgehead atoms. The molecule has 0 amide bonds. The van der Waals surface area contributed by atoms with E-state index >= 15 is 0 Å². The number of hydrogen-bond donors (Lipinski definition) is 1. The molecule has 0 aliphatic heterocycles. The van der Waals surface area contributed by atoms with Crippen molar-refractivity contribution in [2.75, 3.05) is 7.11 Å². The third kappa shape index (κ3) is 3.16. The van der Waals surface area contributed by atoms with Gasteiger partial charge in [0.05, 0.1) is 7.11 Å². The van der Waals surface area contributed by atoms with Crippen LogP contribution < -0.4 is 4.74 Å². The van der Waals surface area contributed by atoms with Gasteiger partial charge in [-0.3, -0.25) is 0 Å². The third-order valence-electron chi connectivity index (χ3n) is 3.20. The number of methoxy groups -OCH3 is 1. The molecular weight excluding hydrogens is 236 g/mol. The van der Waals surface area contributed by atoms with E-state index in [-0.39, 0.29) is 5.75 Å². The van der Waals surface area contributed by atoms with Crippen molar-refractivity contribution in [2.45, 2.75) is 13.8 Å². The van der Waals surface area contributed by atoms with Crippen molar-refractivity contribution in [3.8, 4) is 11.5 Å². The second kappa shape index (κ2) is 5.61. The molecule has 0 aliphatic rings. The Bertz CT molecular complexity index is 613. The van der Waals surface area contributed by atoms with Crippen LogP contribution in [-0.2, 0) is 0 Å². The van der Waals surface area contributed by atoms with Crippen LogP contribution in [0.3, 0.4) is 0 Å². The highest BCUT2D eigenvalue weighted by molar-refractivity contribution is 5.71. The molecule has 0 saturated heterocycles. The average molecular weight is 254 g/mol. The van der Waals surface area contributed by atoms with Crippen molar-refractivity contribution < 1.29 is 9.84 Å². The van der Waals surface area contributed by atoms with Crippen molar-refractivity contribution in [1.29, 1.82) is 0 Å². The summed E-state index contributed by atoms with van der Waals surface area (Å²) in [6.45, 7) is 4.20. The molecule has 0 fully saturated rings. The Labute approximate surface area is 114 Å². The second-order valence-corrected chi connectivity index (χ2v) is 4.61. The lowest BCUT2D eigenvalue weighted by molar-refractivity contribution is 0.373. The SMILES string of the molecule is COc1ccc(/C=C\c2ccc(C)c(C)c2)cc1O. The molecule has 2 rings (SSSR count). The van der Waals surface area contributed by atoms with Crippen LogP contribution in [0.4, 0.5) is 0 Å². The molecule has 2 nitrogen and oxygen atoms in total. The Morgan fingerprint density at radius 1 is 0.895 bits per heavy atom. The predicted molar refractivity (Wildman–Crippen MR) is 79.5 cm³/mol. The Morgan fingerprint density at radius 3 is 2.11 bits per heavy atom. The summed E-state index contributed by atoms with van der Waals surface area (Å²) in [7, 11) is 1.54. The maximum Gasteiger partial charge on any atom is 0.160 e. The summed E-state index contributed by atoms with van der Waals surface area (Å²) in [6.07, 6.45) is 4.01. The molecule has 2 aromatic rings. The first-order valence-electron chi connectivity index (χ1n) is 6.22. The summed E-state index contributed by atoms with van der Waals surface area (Å²) in [5, 5.41) is 9.71. The van der Waals surface area contributed by atoms with E-state index in [1.54, 1.807) is 19.2 Å². The molecule has 2 heteroatoms. The largest absolute Gasteiger partial charge is 0.504 e. The van der Waals surface area contributed by atoms with Gasteiger partial charge in [-0.2, -0.15) is 0 Å². The maximum atomic E-state index is 9.71. The molecule has 0 saturated carbocycles. The normalized spacial score (nSPS) is 10.9. The van der Waals surface area contributed by atoms with Crippen LogP contribution in [0, 0.1) is 13.8 Å². The minimum absolute atomic E-state index is 0.157. The molecule has 0 heterocycles. The van der Waals surface area contributed by atoms with Crippen molar-refractivity contribution in [3.05, 3.63) is 58.7 Å². The van der Waals surface area contributed by atoms with E-state index in [1.165, 1.54) is 11.1 Å². The topological polar surface area (TPSA) is 29.5 Å². The van der Waals surface area contributed by atoms with Gasteiger partial charge in [0.15, 0.2) is 11.5 Å². The van der Waals surface area contributed by atoms with Gasteiger partial charge < -0.3 is 9.84 Å². The highest BCUT2D eigenvalue weighted by Gasteiger charge is 2.00. The highest BCUT2D eigenvalue weighted by atomic mass is 16.5. The molecule has 0 unspecified atom stereocenters. The average Bonchev–Trinajstić information content (AvgIpc) is 2.40. The summed E-state index contributed by atoms with van der Waals surface area (Å²) in [4.78, 5) is 0. The summed E-state index contributed by atoms with van der Waals surface area (Å²) in [6, 6.07) is 11.7. The van der Waals surface area contributed by atoms with E-state index in [2.05, 4.69) is 32.0 Å². The van der Waals surface area contributed by atoms with Crippen LogP contribution in [-0.4, -0.2) is 12.2 Å². The molecular formula is C17H18O2. The third-order valence-corrected chi connectivity index (χ3v) is 3.20. The van der Waals surface area contributed by atoms with Crippen molar-refractivity contribution in [3.63, 3.8) is 0 Å². The Hall–Kier alpha value is -2.22. The van der Waals surface area contributed by atoms with Gasteiger partial charge in [0.1, 0.15) is 0 Å². The number of ether oxygens (including phenoxy) is 1. The van der Waals surface area contributed by atoms with E-state index < -0.39 is 0 Å². The first-order valence-corrected chi connectivity index (χ1v) is 6.22. The molecule has 2 aromatic carbocycles. The summed E-state index contributed by atoms with van der Waals surface area (Å²) in [5.74, 6) is 0.646. The van der Waals surface area contributed by atoms with E-state index in [4.69, 9.17) is 4.74 Å². The minimum atomic E-state index is 0.157. The highest BCUT2D eigenvalue weighted by Crippen LogP contribution is 2.27. The number of phenolic OH excluding ortho intramolecular Hbond substituents is 1. The monoisotopic (exact) mass is 254 g/mol. The van der Waals surface area contributed by atoms with E-state index in [0.29, 0.717) is 5.75 Å². The van der Waals surface area contributed by atoms with E-state index in [0.717, 1.165) is 11.1 Å². The second-order valence-electron chi connectivity index (χ2n) is 4.61. The van der Waals surface area contributed by atoms with Crippen LogP contribution in [0.5, 0.6) is 11.5 Å². The van der Waals surface area contributed by atoms with Crippen LogP contribution in [0.15, 0.2) is 36.4 Å². The van der Waals surface area contributed by atoms with Gasteiger partial charge in [0.2, 0.25) is 0 Å². The summed E-state index contributed by atoms with van der Waals surface area (Å²) in [5.41, 5.74) is 4.66. The number of phenols is 1. The maximum absolute atomic E-state index is 9.71. The number of rotatable bonds is 3. The quantitative estimate of drug-likeness (QED) is 0.832. The van der Waals surface area contributed by atoms with Crippen LogP contribution in [0.2, 0.25) is 0 Å². The summed E-state index contributed by atoms with van der Waals surface area (Å²) >= 11 is 0. The zero-order chi connectivity index (χ0) is 13.8. The van der Waals surface area contributed by atoms with Gasteiger partial charge in [-0.05, 0) is 48.2 Å². The fourth-order valence-electron chi connectivity index (χ4n) is 1.87. The molecule has 0 spiro atoms. The van der Waals surface area contributed by atoms with Crippen molar-refractivity contribution >= 4 is 12.2 Å². The number of aryl methyl sites for hydroxylation is 2. The minimum Gasteiger partial charge on any atom is -0.504 e. The standard InChI is InChI=1S/C17H18O2/c1-12-4-5-14(10-13(12)2)6-7-15-8-9-17(19-3)16(18)11-15/h4-11,18H,1-3H3/b7-6-. The van der Waals surface area contributed by atoms with Gasteiger partial charge >= 0.3 is 0 Å². The molecule has 0 atom stereocenters. The molecule has 0 aliphatic carbocycles. The van der Waals surface area contributed by atoms with Gasteiger partial charge in [-0.25, -0.2) is 0 Å². The lowest BCUT2D eigenvalue weighted by Crippen LogP contribution is -1.84. The lowest BCUT2D eigenvalue weighted by atomic mass is 10.1. The van der Waals surface area contributed by atoms with Crippen molar-refractivity contribution in [2.24, 2.45) is 0 Å². The summed E-state index contributed by atoms with van der Waals surface area (Å²) < 4.78 is 5.02. The van der Waals surface area contributed by atoms with Gasteiger partial charge in [0, 0.05) is 0 Å². The van der Waals surface area contributed by atoms with Gasteiger partial charge in [0.25, 0.3) is 0 Å². The van der Waals surface area contributed by atoms with Gasteiger partial charge in [-0.15, -0.1) is 0 Å². The predicted octanol–water partition coefficient (Wildman–Crippen LogP) is 4.19. The first kappa shape index (κ1) is 13.2. The van der Waals surface area contributed by atoms with Crippen LogP contribution in [0.25, 0.3) is 12.2 Å². The Balaban J connectivity index is 2.22. The van der Waals surface area contributed by atoms with E-state index in [9.17, 15) is 5.11 Å². The molecule has 0 aromatic heterocycles. The molecule has 19 heavy (non-hydrogen) atoms. The van der Waals surface area contributed by atoms with Crippen LogP contribution in [0.1, 0.15) is 22.3 Å². The smallest absolute Gasteiger partial charge is 0.160 e. The Morgan fingerprint density at radius 2 is 1.53 bits per heavy atom. The molecule has 0 radical (unpaired) electrons. The van der Waals surface area contributed by atoms with Crippen molar-refractivity contribution in [1.82, 2.24) is 0 Å². The lowest BCUT2D eigenvalue weighted by Gasteiger charge is -2.04. The number of benzene rings is 2. The number of aromatic hydroxyl groups is 1. The number of hydrogen-bond acceptors (Lipinski definition) is 2. The first-order chi connectivity index (χ1) is 9.10. The molecule has 98 valence electrons. The zero-order valence-electron chi connectivity index (χ0n) is 11.5. The van der Waals surface area contributed by atoms with E-state index in [1.807, 2.05) is 18.2 Å². The fourth-order valence-corrected chi connectivity index (χ4v) is 1.87. The Kier molecular flexibility index (Phi) is 3.91. The molecule has 1 N–H and O–H groups in total.